The summed E-state index contributed by atoms with van der Waals surface area (Å²) < 4.78 is 15.9. The van der Waals surface area contributed by atoms with E-state index in [0.717, 1.165) is 16.2 Å². The zero-order valence-corrected chi connectivity index (χ0v) is 14.3. The van der Waals surface area contributed by atoms with Crippen molar-refractivity contribution in [3.05, 3.63) is 66.2 Å². The van der Waals surface area contributed by atoms with Gasteiger partial charge in [-0.05, 0) is 40.6 Å². The van der Waals surface area contributed by atoms with Crippen molar-refractivity contribution in [1.29, 1.82) is 0 Å². The molecular formula is C20H16O4S. The summed E-state index contributed by atoms with van der Waals surface area (Å²) in [7, 11) is 0. The van der Waals surface area contributed by atoms with Gasteiger partial charge in [-0.1, -0.05) is 36.4 Å². The average molecular weight is 352 g/mol. The third-order valence-corrected chi connectivity index (χ3v) is 4.88. The van der Waals surface area contributed by atoms with Crippen LogP contribution in [0.3, 0.4) is 0 Å². The predicted molar refractivity (Wildman–Crippen MR) is 97.0 cm³/mol. The number of hydrogen-bond acceptors (Lipinski definition) is 5. The van der Waals surface area contributed by atoms with Gasteiger partial charge in [-0.15, -0.1) is 11.8 Å². The van der Waals surface area contributed by atoms with E-state index in [9.17, 15) is 4.79 Å². The van der Waals surface area contributed by atoms with E-state index in [0.29, 0.717) is 5.75 Å². The molecule has 126 valence electrons. The first-order valence-corrected chi connectivity index (χ1v) is 8.92. The molecule has 0 bridgehead atoms. The summed E-state index contributed by atoms with van der Waals surface area (Å²) in [5, 5.41) is 2.36. The van der Waals surface area contributed by atoms with Crippen LogP contribution in [0, 0.1) is 0 Å². The zero-order chi connectivity index (χ0) is 17.1. The molecule has 0 saturated carbocycles. The van der Waals surface area contributed by atoms with E-state index >= 15 is 0 Å². The Morgan fingerprint density at radius 1 is 0.960 bits per heavy atom. The Balaban J connectivity index is 1.31. The number of hydrogen-bond donors (Lipinski definition) is 0. The molecule has 3 aromatic rings. The first kappa shape index (κ1) is 15.8. The van der Waals surface area contributed by atoms with E-state index in [4.69, 9.17) is 14.2 Å². The smallest absolute Gasteiger partial charge is 0.316 e. The Hall–Kier alpha value is -2.66. The second kappa shape index (κ2) is 7.07. The van der Waals surface area contributed by atoms with Gasteiger partial charge in [0.25, 0.3) is 0 Å². The van der Waals surface area contributed by atoms with Crippen LogP contribution in [0.25, 0.3) is 10.8 Å². The standard InChI is InChI=1S/C20H16O4S/c21-20(22-11-14-5-8-18-19(9-14)24-13-23-18)12-25-17-7-6-15-3-1-2-4-16(15)10-17/h1-10H,11-13H2. The van der Waals surface area contributed by atoms with Crippen molar-refractivity contribution >= 4 is 28.5 Å². The van der Waals surface area contributed by atoms with Gasteiger partial charge in [-0.2, -0.15) is 0 Å². The van der Waals surface area contributed by atoms with Crippen LogP contribution >= 0.6 is 11.8 Å². The van der Waals surface area contributed by atoms with Gasteiger partial charge in [0.05, 0.1) is 5.75 Å². The summed E-state index contributed by atoms with van der Waals surface area (Å²) in [5.74, 6) is 1.46. The molecule has 0 unspecified atom stereocenters. The van der Waals surface area contributed by atoms with E-state index in [-0.39, 0.29) is 25.1 Å². The molecule has 1 heterocycles. The molecule has 0 saturated heterocycles. The van der Waals surface area contributed by atoms with Gasteiger partial charge in [-0.25, -0.2) is 0 Å². The monoisotopic (exact) mass is 352 g/mol. The van der Waals surface area contributed by atoms with Crippen LogP contribution in [0.1, 0.15) is 5.56 Å². The van der Waals surface area contributed by atoms with E-state index in [1.807, 2.05) is 36.4 Å². The maximum absolute atomic E-state index is 12.0. The Morgan fingerprint density at radius 3 is 2.72 bits per heavy atom. The Morgan fingerprint density at radius 2 is 1.80 bits per heavy atom. The number of thioether (sulfide) groups is 1. The molecular weight excluding hydrogens is 336 g/mol. The minimum absolute atomic E-state index is 0.230. The molecule has 5 heteroatoms. The van der Waals surface area contributed by atoms with E-state index in [2.05, 4.69) is 24.3 Å². The number of rotatable bonds is 5. The first-order valence-electron chi connectivity index (χ1n) is 7.94. The zero-order valence-electron chi connectivity index (χ0n) is 13.4. The number of esters is 1. The third kappa shape index (κ3) is 3.72. The lowest BCUT2D eigenvalue weighted by molar-refractivity contribution is -0.141. The van der Waals surface area contributed by atoms with Gasteiger partial charge in [0.15, 0.2) is 11.5 Å². The van der Waals surface area contributed by atoms with Crippen LogP contribution in [-0.2, 0) is 16.1 Å². The van der Waals surface area contributed by atoms with Gasteiger partial charge in [-0.3, -0.25) is 4.79 Å². The molecule has 0 fully saturated rings. The highest BCUT2D eigenvalue weighted by Gasteiger charge is 2.14. The van der Waals surface area contributed by atoms with Crippen LogP contribution in [-0.4, -0.2) is 18.5 Å². The second-order valence-electron chi connectivity index (χ2n) is 5.65. The quantitative estimate of drug-likeness (QED) is 0.503. The summed E-state index contributed by atoms with van der Waals surface area (Å²) in [6.45, 7) is 0.467. The molecule has 0 atom stereocenters. The highest BCUT2D eigenvalue weighted by Crippen LogP contribution is 2.32. The van der Waals surface area contributed by atoms with Crippen molar-refractivity contribution in [2.24, 2.45) is 0 Å². The van der Waals surface area contributed by atoms with Crippen LogP contribution < -0.4 is 9.47 Å². The number of carbonyl (C=O) groups is 1. The van der Waals surface area contributed by atoms with Gasteiger partial charge in [0, 0.05) is 4.90 Å². The lowest BCUT2D eigenvalue weighted by Gasteiger charge is -2.06. The molecule has 0 spiro atoms. The normalized spacial score (nSPS) is 12.3. The van der Waals surface area contributed by atoms with Crippen molar-refractivity contribution in [2.45, 2.75) is 11.5 Å². The van der Waals surface area contributed by atoms with E-state index in [1.165, 1.54) is 22.5 Å². The van der Waals surface area contributed by atoms with Crippen molar-refractivity contribution < 1.29 is 19.0 Å². The van der Waals surface area contributed by atoms with Gasteiger partial charge in [0.1, 0.15) is 6.61 Å². The molecule has 0 aromatic heterocycles. The molecule has 4 nitrogen and oxygen atoms in total. The summed E-state index contributed by atoms with van der Waals surface area (Å²) in [5.41, 5.74) is 0.883. The summed E-state index contributed by atoms with van der Waals surface area (Å²) in [6, 6.07) is 19.9. The van der Waals surface area contributed by atoms with Crippen molar-refractivity contribution in [2.75, 3.05) is 12.5 Å². The predicted octanol–water partition coefficient (Wildman–Crippen LogP) is 4.40. The Bertz CT molecular complexity index is 922. The molecule has 0 aliphatic carbocycles. The average Bonchev–Trinajstić information content (AvgIpc) is 3.12. The first-order chi connectivity index (χ1) is 12.3. The highest BCUT2D eigenvalue weighted by atomic mass is 32.2. The number of carbonyl (C=O) groups excluding carboxylic acids is 1. The largest absolute Gasteiger partial charge is 0.460 e. The molecule has 0 radical (unpaired) electrons. The third-order valence-electron chi connectivity index (χ3n) is 3.91. The minimum Gasteiger partial charge on any atom is -0.460 e. The maximum Gasteiger partial charge on any atom is 0.316 e. The van der Waals surface area contributed by atoms with Gasteiger partial charge < -0.3 is 14.2 Å². The summed E-state index contributed by atoms with van der Waals surface area (Å²) in [6.07, 6.45) is 0. The number of fused-ring (bicyclic) bond motifs is 2. The second-order valence-corrected chi connectivity index (χ2v) is 6.69. The molecule has 25 heavy (non-hydrogen) atoms. The number of benzene rings is 3. The van der Waals surface area contributed by atoms with Crippen molar-refractivity contribution in [1.82, 2.24) is 0 Å². The molecule has 1 aliphatic heterocycles. The van der Waals surface area contributed by atoms with Crippen LogP contribution in [0.5, 0.6) is 11.5 Å². The summed E-state index contributed by atoms with van der Waals surface area (Å²) >= 11 is 1.48. The topological polar surface area (TPSA) is 44.8 Å². The fourth-order valence-corrected chi connectivity index (χ4v) is 3.38. The SMILES string of the molecule is O=C(CSc1ccc2ccccc2c1)OCc1ccc2c(c1)OCO2. The lowest BCUT2D eigenvalue weighted by atomic mass is 10.1. The van der Waals surface area contributed by atoms with Gasteiger partial charge >= 0.3 is 5.97 Å². The molecule has 0 amide bonds. The lowest BCUT2D eigenvalue weighted by Crippen LogP contribution is -2.07. The van der Waals surface area contributed by atoms with E-state index in [1.54, 1.807) is 0 Å². The van der Waals surface area contributed by atoms with Crippen LogP contribution in [0.2, 0.25) is 0 Å². The van der Waals surface area contributed by atoms with Gasteiger partial charge in [0.2, 0.25) is 6.79 Å². The van der Waals surface area contributed by atoms with Crippen molar-refractivity contribution in [3.63, 3.8) is 0 Å². The summed E-state index contributed by atoms with van der Waals surface area (Å²) in [4.78, 5) is 13.0. The highest BCUT2D eigenvalue weighted by molar-refractivity contribution is 8.00. The fourth-order valence-electron chi connectivity index (χ4n) is 2.64. The Kier molecular flexibility index (Phi) is 4.48. The minimum atomic E-state index is -0.240. The fraction of sp³-hybridized carbons (Fsp3) is 0.150. The van der Waals surface area contributed by atoms with E-state index < -0.39 is 0 Å². The number of ether oxygens (including phenoxy) is 3. The maximum atomic E-state index is 12.0. The Labute approximate surface area is 149 Å². The van der Waals surface area contributed by atoms with Crippen molar-refractivity contribution in [3.8, 4) is 11.5 Å². The van der Waals surface area contributed by atoms with Crippen LogP contribution in [0.15, 0.2) is 65.6 Å². The molecule has 4 rings (SSSR count). The molecule has 3 aromatic carbocycles. The molecule has 1 aliphatic rings. The van der Waals surface area contributed by atoms with Crippen LogP contribution in [0.4, 0.5) is 0 Å². The molecule has 0 N–H and O–H groups in total.